The predicted octanol–water partition coefficient (Wildman–Crippen LogP) is 2.26. The number of pyridine rings is 1. The van der Waals surface area contributed by atoms with Gasteiger partial charge < -0.3 is 15.4 Å². The number of rotatable bonds is 5. The fourth-order valence-corrected chi connectivity index (χ4v) is 4.94. The van der Waals surface area contributed by atoms with Crippen LogP contribution < -0.4 is 10.6 Å². The van der Waals surface area contributed by atoms with Gasteiger partial charge in [0.25, 0.3) is 0 Å². The first kappa shape index (κ1) is 18.7. The van der Waals surface area contributed by atoms with E-state index >= 15 is 0 Å². The molecular formula is C18H23N5O4S. The molecule has 4 rings (SSSR count). The Labute approximate surface area is 163 Å². The second kappa shape index (κ2) is 7.08. The topological polar surface area (TPSA) is 126 Å². The quantitative estimate of drug-likeness (QED) is 0.696. The SMILES string of the molecule is CC(C)NC(=O)OC1CC(c2cc(Nc3cc4c(cn3)S(=O)(=O)CC4)n[nH]2)C1. The highest BCUT2D eigenvalue weighted by Crippen LogP contribution is 2.38. The van der Waals surface area contributed by atoms with E-state index in [1.54, 1.807) is 6.07 Å². The highest BCUT2D eigenvalue weighted by atomic mass is 32.2. The average molecular weight is 405 g/mol. The fourth-order valence-electron chi connectivity index (χ4n) is 3.46. The Bertz CT molecular complexity index is 995. The lowest BCUT2D eigenvalue weighted by atomic mass is 9.80. The third kappa shape index (κ3) is 3.82. The van der Waals surface area contributed by atoms with Gasteiger partial charge in [-0.05, 0) is 44.7 Å². The number of hydrogen-bond acceptors (Lipinski definition) is 7. The number of H-pyrrole nitrogens is 1. The van der Waals surface area contributed by atoms with Crippen molar-refractivity contribution in [2.24, 2.45) is 0 Å². The predicted molar refractivity (Wildman–Crippen MR) is 102 cm³/mol. The number of alkyl carbamates (subject to hydrolysis) is 1. The van der Waals surface area contributed by atoms with E-state index in [4.69, 9.17) is 4.74 Å². The molecule has 0 aromatic carbocycles. The molecule has 3 heterocycles. The van der Waals surface area contributed by atoms with Gasteiger partial charge in [-0.15, -0.1) is 0 Å². The molecule has 1 aliphatic carbocycles. The van der Waals surface area contributed by atoms with Gasteiger partial charge in [0.05, 0.1) is 10.6 Å². The van der Waals surface area contributed by atoms with E-state index in [2.05, 4.69) is 25.8 Å². The minimum atomic E-state index is -3.17. The zero-order valence-corrected chi connectivity index (χ0v) is 16.5. The summed E-state index contributed by atoms with van der Waals surface area (Å²) in [5, 5.41) is 13.1. The van der Waals surface area contributed by atoms with E-state index in [1.165, 1.54) is 6.20 Å². The number of aryl methyl sites for hydroxylation is 1. The first-order valence-electron chi connectivity index (χ1n) is 9.31. The van der Waals surface area contributed by atoms with Gasteiger partial charge in [-0.3, -0.25) is 5.10 Å². The zero-order chi connectivity index (χ0) is 19.9. The van der Waals surface area contributed by atoms with Crippen LogP contribution in [0, 0.1) is 0 Å². The summed E-state index contributed by atoms with van der Waals surface area (Å²) in [6.45, 7) is 3.78. The number of sulfone groups is 1. The van der Waals surface area contributed by atoms with Gasteiger partial charge in [-0.2, -0.15) is 5.10 Å². The number of anilines is 2. The molecule has 1 amide bonds. The highest BCUT2D eigenvalue weighted by molar-refractivity contribution is 7.91. The molecule has 0 atom stereocenters. The molecular weight excluding hydrogens is 382 g/mol. The molecule has 150 valence electrons. The Morgan fingerprint density at radius 3 is 2.82 bits per heavy atom. The maximum Gasteiger partial charge on any atom is 0.407 e. The summed E-state index contributed by atoms with van der Waals surface area (Å²) in [7, 11) is -3.17. The van der Waals surface area contributed by atoms with E-state index in [-0.39, 0.29) is 29.9 Å². The molecule has 0 radical (unpaired) electrons. The number of carbonyl (C=O) groups excluding carboxylic acids is 1. The Morgan fingerprint density at radius 1 is 1.29 bits per heavy atom. The number of hydrogen-bond donors (Lipinski definition) is 3. The first-order chi connectivity index (χ1) is 13.3. The van der Waals surface area contributed by atoms with Gasteiger partial charge in [0.2, 0.25) is 0 Å². The minimum absolute atomic E-state index is 0.0533. The average Bonchev–Trinajstić information content (AvgIpc) is 3.14. The van der Waals surface area contributed by atoms with Gasteiger partial charge in [-0.25, -0.2) is 18.2 Å². The van der Waals surface area contributed by atoms with Gasteiger partial charge in [0.15, 0.2) is 15.7 Å². The van der Waals surface area contributed by atoms with Gasteiger partial charge >= 0.3 is 6.09 Å². The van der Waals surface area contributed by atoms with Gasteiger partial charge in [-0.1, -0.05) is 0 Å². The smallest absolute Gasteiger partial charge is 0.407 e. The number of aromatic amines is 1. The molecule has 2 aromatic heterocycles. The second-order valence-corrected chi connectivity index (χ2v) is 9.65. The minimum Gasteiger partial charge on any atom is -0.446 e. The van der Waals surface area contributed by atoms with Crippen molar-refractivity contribution in [2.45, 2.75) is 56.1 Å². The molecule has 0 saturated heterocycles. The largest absolute Gasteiger partial charge is 0.446 e. The maximum atomic E-state index is 11.9. The summed E-state index contributed by atoms with van der Waals surface area (Å²) in [4.78, 5) is 16.1. The molecule has 1 fully saturated rings. The molecule has 0 spiro atoms. The summed E-state index contributed by atoms with van der Waals surface area (Å²) < 4.78 is 29.1. The van der Waals surface area contributed by atoms with Crippen LogP contribution in [0.2, 0.25) is 0 Å². The normalized spacial score (nSPS) is 22.4. The molecule has 3 N–H and O–H groups in total. The monoisotopic (exact) mass is 405 g/mol. The Balaban J connectivity index is 1.33. The molecule has 2 aliphatic rings. The number of ether oxygens (including phenoxy) is 1. The van der Waals surface area contributed by atoms with Crippen LogP contribution in [0.5, 0.6) is 0 Å². The van der Waals surface area contributed by atoms with Crippen molar-refractivity contribution in [3.05, 3.63) is 29.6 Å². The van der Waals surface area contributed by atoms with Crippen LogP contribution in [0.25, 0.3) is 0 Å². The van der Waals surface area contributed by atoms with Crippen molar-refractivity contribution in [1.29, 1.82) is 0 Å². The van der Waals surface area contributed by atoms with E-state index in [0.29, 0.717) is 23.0 Å². The number of nitrogens with zero attached hydrogens (tertiary/aromatic N) is 2. The maximum absolute atomic E-state index is 11.9. The lowest BCUT2D eigenvalue weighted by molar-refractivity contribution is 0.0374. The van der Waals surface area contributed by atoms with Crippen LogP contribution in [0.15, 0.2) is 23.2 Å². The van der Waals surface area contributed by atoms with E-state index in [9.17, 15) is 13.2 Å². The van der Waals surface area contributed by atoms with Crippen LogP contribution in [-0.4, -0.2) is 47.6 Å². The van der Waals surface area contributed by atoms with E-state index in [1.807, 2.05) is 19.9 Å². The molecule has 28 heavy (non-hydrogen) atoms. The number of aromatic nitrogens is 3. The summed E-state index contributed by atoms with van der Waals surface area (Å²) >= 11 is 0. The molecule has 0 bridgehead atoms. The summed E-state index contributed by atoms with van der Waals surface area (Å²) in [6.07, 6.45) is 2.96. The highest BCUT2D eigenvalue weighted by Gasteiger charge is 2.34. The van der Waals surface area contributed by atoms with E-state index < -0.39 is 9.84 Å². The number of fused-ring (bicyclic) bond motifs is 1. The van der Waals surface area contributed by atoms with Crippen molar-refractivity contribution in [1.82, 2.24) is 20.5 Å². The van der Waals surface area contributed by atoms with Gasteiger partial charge in [0.1, 0.15) is 11.9 Å². The number of carbonyl (C=O) groups is 1. The molecule has 2 aromatic rings. The molecule has 0 unspecified atom stereocenters. The van der Waals surface area contributed by atoms with Crippen LogP contribution in [0.1, 0.15) is 43.9 Å². The molecule has 10 heteroatoms. The Morgan fingerprint density at radius 2 is 2.07 bits per heavy atom. The molecule has 9 nitrogen and oxygen atoms in total. The number of amides is 1. The second-order valence-electron chi connectivity index (χ2n) is 7.57. The van der Waals surface area contributed by atoms with Crippen LogP contribution in [0.4, 0.5) is 16.4 Å². The fraction of sp³-hybridized carbons (Fsp3) is 0.500. The van der Waals surface area contributed by atoms with Crippen molar-refractivity contribution in [2.75, 3.05) is 11.1 Å². The lowest BCUT2D eigenvalue weighted by Gasteiger charge is -2.33. The third-order valence-electron chi connectivity index (χ3n) is 4.99. The summed E-state index contributed by atoms with van der Waals surface area (Å²) in [6, 6.07) is 3.72. The third-order valence-corrected chi connectivity index (χ3v) is 6.77. The standard InChI is InChI=1S/C18H23N5O4S/c1-10(2)20-18(24)27-13-5-12(6-13)14-8-17(23-22-14)21-16-7-11-3-4-28(25,26)15(11)9-19-16/h7-10,12-13H,3-6H2,1-2H3,(H,20,24)(H2,19,21,22,23). The zero-order valence-electron chi connectivity index (χ0n) is 15.7. The first-order valence-corrected chi connectivity index (χ1v) is 11.0. The van der Waals surface area contributed by atoms with Crippen molar-refractivity contribution in [3.63, 3.8) is 0 Å². The Kier molecular flexibility index (Phi) is 4.74. The van der Waals surface area contributed by atoms with Crippen LogP contribution in [-0.2, 0) is 21.0 Å². The summed E-state index contributed by atoms with van der Waals surface area (Å²) in [5.41, 5.74) is 1.75. The Hall–Kier alpha value is -2.62. The van der Waals surface area contributed by atoms with Crippen molar-refractivity contribution >= 4 is 27.6 Å². The van der Waals surface area contributed by atoms with Crippen molar-refractivity contribution < 1.29 is 17.9 Å². The van der Waals surface area contributed by atoms with Crippen molar-refractivity contribution in [3.8, 4) is 0 Å². The lowest BCUT2D eigenvalue weighted by Crippen LogP contribution is -2.38. The van der Waals surface area contributed by atoms with Crippen LogP contribution >= 0.6 is 0 Å². The van der Waals surface area contributed by atoms with Crippen LogP contribution in [0.3, 0.4) is 0 Å². The number of nitrogens with one attached hydrogen (secondary N) is 3. The van der Waals surface area contributed by atoms with E-state index in [0.717, 1.165) is 24.1 Å². The summed E-state index contributed by atoms with van der Waals surface area (Å²) in [5.74, 6) is 1.58. The molecule has 1 saturated carbocycles. The van der Waals surface area contributed by atoms with Gasteiger partial charge in [0, 0.05) is 29.9 Å². The molecule has 1 aliphatic heterocycles.